The van der Waals surface area contributed by atoms with Crippen molar-refractivity contribution in [3.63, 3.8) is 0 Å². The van der Waals surface area contributed by atoms with Gasteiger partial charge in [-0.1, -0.05) is 0 Å². The summed E-state index contributed by atoms with van der Waals surface area (Å²) in [5.74, 6) is 0.637. The topological polar surface area (TPSA) is 59.5 Å². The summed E-state index contributed by atoms with van der Waals surface area (Å²) in [6.45, 7) is 4.36. The monoisotopic (exact) mass is 326 g/mol. The van der Waals surface area contributed by atoms with E-state index < -0.39 is 10.0 Å². The highest BCUT2D eigenvalue weighted by atomic mass is 32.2. The lowest BCUT2D eigenvalue weighted by Gasteiger charge is -2.12. The summed E-state index contributed by atoms with van der Waals surface area (Å²) >= 11 is 1.61. The summed E-state index contributed by atoms with van der Waals surface area (Å²) in [7, 11) is -0.377. The van der Waals surface area contributed by atoms with Crippen molar-refractivity contribution in [3.8, 4) is 5.75 Å². The minimum absolute atomic E-state index is 0.254. The second-order valence-corrected chi connectivity index (χ2v) is 8.23. The van der Waals surface area contributed by atoms with Gasteiger partial charge in [0.05, 0.1) is 20.5 Å². The van der Waals surface area contributed by atoms with Crippen LogP contribution in [0.3, 0.4) is 0 Å². The molecule has 2 rings (SSSR count). The van der Waals surface area contributed by atoms with Crippen LogP contribution in [0.25, 0.3) is 0 Å². The molecule has 0 fully saturated rings. The lowest BCUT2D eigenvalue weighted by molar-refractivity contribution is 0.308. The smallest absolute Gasteiger partial charge is 0.242 e. The molecule has 1 aromatic carbocycles. The van der Waals surface area contributed by atoms with Gasteiger partial charge in [-0.25, -0.2) is 17.7 Å². The summed E-state index contributed by atoms with van der Waals surface area (Å²) in [6.07, 6.45) is 0. The van der Waals surface area contributed by atoms with Crippen LogP contribution in [0.5, 0.6) is 5.75 Å². The van der Waals surface area contributed by atoms with Gasteiger partial charge in [0.15, 0.2) is 0 Å². The minimum Gasteiger partial charge on any atom is -0.488 e. The Morgan fingerprint density at radius 3 is 2.29 bits per heavy atom. The summed E-state index contributed by atoms with van der Waals surface area (Å²) < 4.78 is 30.8. The van der Waals surface area contributed by atoms with Crippen LogP contribution in [0.1, 0.15) is 15.6 Å². The molecule has 7 heteroatoms. The number of nitrogens with zero attached hydrogens (tertiary/aromatic N) is 2. The molecular formula is C14H18N2O3S2. The van der Waals surface area contributed by atoms with Crippen LogP contribution in [-0.2, 0) is 16.6 Å². The number of aromatic nitrogens is 1. The molecule has 0 bridgehead atoms. The fourth-order valence-electron chi connectivity index (χ4n) is 1.77. The third kappa shape index (κ3) is 3.61. The molecule has 21 heavy (non-hydrogen) atoms. The molecule has 0 saturated heterocycles. The third-order valence-electron chi connectivity index (χ3n) is 2.97. The fraction of sp³-hybridized carbons (Fsp3) is 0.357. The van der Waals surface area contributed by atoms with Gasteiger partial charge in [0, 0.05) is 14.1 Å². The largest absolute Gasteiger partial charge is 0.488 e. The molecule has 0 saturated carbocycles. The van der Waals surface area contributed by atoms with E-state index in [9.17, 15) is 8.42 Å². The highest BCUT2D eigenvalue weighted by molar-refractivity contribution is 7.89. The number of sulfonamides is 1. The van der Waals surface area contributed by atoms with Crippen molar-refractivity contribution in [3.05, 3.63) is 39.8 Å². The first-order valence-electron chi connectivity index (χ1n) is 6.39. The molecule has 0 spiro atoms. The zero-order valence-electron chi connectivity index (χ0n) is 12.5. The van der Waals surface area contributed by atoms with Gasteiger partial charge in [0.1, 0.15) is 12.4 Å². The van der Waals surface area contributed by atoms with E-state index in [0.717, 1.165) is 15.6 Å². The van der Waals surface area contributed by atoms with Crippen LogP contribution >= 0.6 is 11.3 Å². The summed E-state index contributed by atoms with van der Waals surface area (Å²) in [5, 5.41) is 1.01. The molecule has 5 nitrogen and oxygen atoms in total. The average Bonchev–Trinajstić information content (AvgIpc) is 2.75. The summed E-state index contributed by atoms with van der Waals surface area (Å²) in [5.41, 5.74) is 0.976. The molecule has 2 aromatic rings. The van der Waals surface area contributed by atoms with E-state index >= 15 is 0 Å². The first-order chi connectivity index (χ1) is 9.80. The number of hydrogen-bond donors (Lipinski definition) is 0. The van der Waals surface area contributed by atoms with Crippen molar-refractivity contribution < 1.29 is 13.2 Å². The molecule has 0 radical (unpaired) electrons. The summed E-state index contributed by atoms with van der Waals surface area (Å²) in [6, 6.07) is 6.43. The van der Waals surface area contributed by atoms with Gasteiger partial charge in [0.2, 0.25) is 10.0 Å². The van der Waals surface area contributed by atoms with Gasteiger partial charge < -0.3 is 4.74 Å². The Labute approximate surface area is 129 Å². The van der Waals surface area contributed by atoms with Crippen molar-refractivity contribution in [1.29, 1.82) is 0 Å². The highest BCUT2D eigenvalue weighted by Gasteiger charge is 2.16. The molecule has 0 aliphatic carbocycles. The number of thiazole rings is 1. The molecule has 0 atom stereocenters. The van der Waals surface area contributed by atoms with Gasteiger partial charge in [-0.05, 0) is 38.1 Å². The van der Waals surface area contributed by atoms with Gasteiger partial charge in [0.25, 0.3) is 0 Å². The number of benzene rings is 1. The number of hydrogen-bond acceptors (Lipinski definition) is 5. The fourth-order valence-corrected chi connectivity index (χ4v) is 3.53. The number of ether oxygens (including phenoxy) is 1. The van der Waals surface area contributed by atoms with E-state index in [1.165, 1.54) is 18.4 Å². The molecule has 1 heterocycles. The Morgan fingerprint density at radius 1 is 1.19 bits per heavy atom. The molecule has 114 valence electrons. The summed E-state index contributed by atoms with van der Waals surface area (Å²) in [4.78, 5) is 5.68. The van der Waals surface area contributed by atoms with Crippen molar-refractivity contribution >= 4 is 21.4 Å². The van der Waals surface area contributed by atoms with E-state index in [1.54, 1.807) is 35.6 Å². The Bertz CT molecular complexity index is 719. The Morgan fingerprint density at radius 2 is 1.81 bits per heavy atom. The van der Waals surface area contributed by atoms with Crippen molar-refractivity contribution in [2.75, 3.05) is 14.1 Å². The van der Waals surface area contributed by atoms with Crippen LogP contribution in [-0.4, -0.2) is 31.8 Å². The molecular weight excluding hydrogens is 308 g/mol. The van der Waals surface area contributed by atoms with E-state index in [1.807, 2.05) is 13.8 Å². The molecule has 1 aromatic heterocycles. The van der Waals surface area contributed by atoms with Crippen LogP contribution < -0.4 is 4.74 Å². The quantitative estimate of drug-likeness (QED) is 0.847. The molecule has 0 N–H and O–H groups in total. The number of aryl methyl sites for hydroxylation is 2. The van der Waals surface area contributed by atoms with Crippen LogP contribution in [0, 0.1) is 13.8 Å². The third-order valence-corrected chi connectivity index (χ3v) is 5.85. The van der Waals surface area contributed by atoms with Crippen molar-refractivity contribution in [2.45, 2.75) is 25.3 Å². The van der Waals surface area contributed by atoms with Crippen LogP contribution in [0.15, 0.2) is 29.2 Å². The standard InChI is InChI=1S/C14H18N2O3S2/c1-10-14(20-11(2)15-10)9-19-12-5-7-13(8-6-12)21(17,18)16(3)4/h5-8H,9H2,1-4H3. The van der Waals surface area contributed by atoms with Crippen molar-refractivity contribution in [1.82, 2.24) is 9.29 Å². The lowest BCUT2D eigenvalue weighted by atomic mass is 10.3. The minimum atomic E-state index is -3.39. The molecule has 0 unspecified atom stereocenters. The Balaban J connectivity index is 2.08. The van der Waals surface area contributed by atoms with Gasteiger partial charge in [-0.2, -0.15) is 0 Å². The molecule has 0 aliphatic heterocycles. The zero-order valence-corrected chi connectivity index (χ0v) is 14.1. The SMILES string of the molecule is Cc1nc(C)c(COc2ccc(S(=O)(=O)N(C)C)cc2)s1. The van der Waals surface area contributed by atoms with E-state index in [0.29, 0.717) is 12.4 Å². The maximum Gasteiger partial charge on any atom is 0.242 e. The van der Waals surface area contributed by atoms with E-state index in [4.69, 9.17) is 4.74 Å². The molecule has 0 amide bonds. The normalized spacial score (nSPS) is 11.9. The Hall–Kier alpha value is -1.44. The van der Waals surface area contributed by atoms with Gasteiger partial charge in [-0.15, -0.1) is 11.3 Å². The van der Waals surface area contributed by atoms with E-state index in [-0.39, 0.29) is 4.90 Å². The van der Waals surface area contributed by atoms with Crippen LogP contribution in [0.2, 0.25) is 0 Å². The highest BCUT2D eigenvalue weighted by Crippen LogP contribution is 2.22. The predicted octanol–water partition coefficient (Wildman–Crippen LogP) is 2.59. The first-order valence-corrected chi connectivity index (χ1v) is 8.64. The second kappa shape index (κ2) is 6.13. The predicted molar refractivity (Wildman–Crippen MR) is 83.2 cm³/mol. The Kier molecular flexibility index (Phi) is 4.65. The average molecular weight is 326 g/mol. The van der Waals surface area contributed by atoms with Gasteiger partial charge >= 0.3 is 0 Å². The number of rotatable bonds is 5. The van der Waals surface area contributed by atoms with Crippen LogP contribution in [0.4, 0.5) is 0 Å². The lowest BCUT2D eigenvalue weighted by Crippen LogP contribution is -2.22. The van der Waals surface area contributed by atoms with E-state index in [2.05, 4.69) is 4.98 Å². The van der Waals surface area contributed by atoms with Gasteiger partial charge in [-0.3, -0.25) is 0 Å². The maximum absolute atomic E-state index is 11.9. The first kappa shape index (κ1) is 15.9. The molecule has 0 aliphatic rings. The van der Waals surface area contributed by atoms with Crippen molar-refractivity contribution in [2.24, 2.45) is 0 Å². The zero-order chi connectivity index (χ0) is 15.6. The second-order valence-electron chi connectivity index (χ2n) is 4.79. The maximum atomic E-state index is 11.9.